The Morgan fingerprint density at radius 3 is 2.64 bits per heavy atom. The number of nitrogens with zero attached hydrogens (tertiary/aromatic N) is 3. The highest BCUT2D eigenvalue weighted by atomic mass is 32.2. The molecule has 3 rings (SSSR count). The summed E-state index contributed by atoms with van der Waals surface area (Å²) in [6.07, 6.45) is 0. The predicted molar refractivity (Wildman–Crippen MR) is 76.8 cm³/mol. The number of rotatable bonds is 4. The molecule has 0 aliphatic rings. The van der Waals surface area contributed by atoms with Crippen molar-refractivity contribution in [3.05, 3.63) is 54.3 Å². The molecule has 0 aliphatic carbocycles. The van der Waals surface area contributed by atoms with Gasteiger partial charge in [0, 0.05) is 11.3 Å². The van der Waals surface area contributed by atoms with Crippen LogP contribution < -0.4 is 4.72 Å². The van der Waals surface area contributed by atoms with Gasteiger partial charge in [-0.25, -0.2) is 12.8 Å². The average Bonchev–Trinajstić information content (AvgIpc) is 3.01. The number of hydrogen-bond acceptors (Lipinski definition) is 5. The second kappa shape index (κ2) is 5.53. The Bertz CT molecular complexity index is 896. The lowest BCUT2D eigenvalue weighted by atomic mass is 10.2. The molecular formula is C13H10FN5O2S. The Labute approximate surface area is 125 Å². The van der Waals surface area contributed by atoms with E-state index in [0.717, 1.165) is 6.07 Å². The van der Waals surface area contributed by atoms with Gasteiger partial charge in [-0.3, -0.25) is 4.72 Å². The molecule has 0 saturated heterocycles. The van der Waals surface area contributed by atoms with E-state index in [1.165, 1.54) is 18.2 Å². The van der Waals surface area contributed by atoms with E-state index in [9.17, 15) is 12.8 Å². The molecule has 0 radical (unpaired) electrons. The molecule has 0 atom stereocenters. The van der Waals surface area contributed by atoms with Crippen LogP contribution in [0.1, 0.15) is 0 Å². The van der Waals surface area contributed by atoms with Crippen molar-refractivity contribution in [2.45, 2.75) is 4.90 Å². The van der Waals surface area contributed by atoms with Gasteiger partial charge in [-0.15, -0.1) is 10.2 Å². The molecule has 0 spiro atoms. The molecular weight excluding hydrogens is 309 g/mol. The minimum Gasteiger partial charge on any atom is -0.280 e. The van der Waals surface area contributed by atoms with Crippen molar-refractivity contribution in [2.75, 3.05) is 4.72 Å². The molecule has 0 aliphatic heterocycles. The van der Waals surface area contributed by atoms with Crippen LogP contribution >= 0.6 is 0 Å². The minimum atomic E-state index is -3.88. The molecule has 1 heterocycles. The molecule has 1 aromatic heterocycles. The highest BCUT2D eigenvalue weighted by molar-refractivity contribution is 7.92. The van der Waals surface area contributed by atoms with E-state index in [4.69, 9.17) is 0 Å². The first-order chi connectivity index (χ1) is 10.5. The second-order valence-electron chi connectivity index (χ2n) is 4.38. The minimum absolute atomic E-state index is 0.155. The number of nitrogens with one attached hydrogen (secondary N) is 2. The third-order valence-corrected chi connectivity index (χ3v) is 4.20. The lowest BCUT2D eigenvalue weighted by Gasteiger charge is -2.08. The van der Waals surface area contributed by atoms with Gasteiger partial charge in [0.05, 0.1) is 4.90 Å². The van der Waals surface area contributed by atoms with Crippen LogP contribution in [0.25, 0.3) is 11.4 Å². The van der Waals surface area contributed by atoms with Crippen molar-refractivity contribution >= 4 is 15.7 Å². The standard InChI is InChI=1S/C13H10FN5O2S/c14-10-4-2-6-12(8-10)22(20,21)17-11-5-1-3-9(7-11)13-15-18-19-16-13/h1-8,17H,(H,15,16,18,19). The third-order valence-electron chi connectivity index (χ3n) is 2.82. The number of H-pyrrole nitrogens is 1. The number of aromatic nitrogens is 4. The van der Waals surface area contributed by atoms with Crippen molar-refractivity contribution in [1.29, 1.82) is 0 Å². The van der Waals surface area contributed by atoms with Gasteiger partial charge in [0.25, 0.3) is 10.0 Å². The Morgan fingerprint density at radius 1 is 1.09 bits per heavy atom. The van der Waals surface area contributed by atoms with Gasteiger partial charge in [0.15, 0.2) is 0 Å². The van der Waals surface area contributed by atoms with Crippen molar-refractivity contribution in [2.24, 2.45) is 0 Å². The third kappa shape index (κ3) is 2.93. The van der Waals surface area contributed by atoms with Gasteiger partial charge in [0.2, 0.25) is 5.82 Å². The molecule has 0 bridgehead atoms. The quantitative estimate of drug-likeness (QED) is 0.764. The summed E-state index contributed by atoms with van der Waals surface area (Å²) in [6, 6.07) is 11.3. The summed E-state index contributed by atoms with van der Waals surface area (Å²) in [5.74, 6) is -0.282. The van der Waals surface area contributed by atoms with Gasteiger partial charge in [0.1, 0.15) is 5.82 Å². The monoisotopic (exact) mass is 319 g/mol. The maximum atomic E-state index is 13.2. The van der Waals surface area contributed by atoms with Crippen LogP contribution in [0.3, 0.4) is 0 Å². The van der Waals surface area contributed by atoms with Crippen LogP contribution in [-0.4, -0.2) is 29.0 Å². The number of aromatic amines is 1. The van der Waals surface area contributed by atoms with E-state index in [0.29, 0.717) is 17.1 Å². The van der Waals surface area contributed by atoms with Crippen molar-refractivity contribution in [3.8, 4) is 11.4 Å². The highest BCUT2D eigenvalue weighted by Crippen LogP contribution is 2.21. The zero-order valence-corrected chi connectivity index (χ0v) is 11.9. The Morgan fingerprint density at radius 2 is 1.91 bits per heavy atom. The van der Waals surface area contributed by atoms with Crippen LogP contribution in [-0.2, 0) is 10.0 Å². The molecule has 22 heavy (non-hydrogen) atoms. The maximum Gasteiger partial charge on any atom is 0.261 e. The fourth-order valence-electron chi connectivity index (χ4n) is 1.85. The molecule has 0 amide bonds. The number of sulfonamides is 1. The number of tetrazole rings is 1. The summed E-state index contributed by atoms with van der Waals surface area (Å²) in [5, 5.41) is 13.4. The van der Waals surface area contributed by atoms with Crippen LogP contribution in [0.4, 0.5) is 10.1 Å². The van der Waals surface area contributed by atoms with E-state index >= 15 is 0 Å². The summed E-state index contributed by atoms with van der Waals surface area (Å²) in [5.41, 5.74) is 0.903. The molecule has 0 unspecified atom stereocenters. The van der Waals surface area contributed by atoms with Crippen LogP contribution in [0, 0.1) is 5.82 Å². The number of hydrogen-bond donors (Lipinski definition) is 2. The molecule has 0 saturated carbocycles. The summed E-state index contributed by atoms with van der Waals surface area (Å²) in [6.45, 7) is 0. The van der Waals surface area contributed by atoms with E-state index in [-0.39, 0.29) is 4.90 Å². The molecule has 9 heteroatoms. The van der Waals surface area contributed by atoms with E-state index in [2.05, 4.69) is 25.3 Å². The molecule has 7 nitrogen and oxygen atoms in total. The zero-order valence-electron chi connectivity index (χ0n) is 11.1. The average molecular weight is 319 g/mol. The maximum absolute atomic E-state index is 13.2. The summed E-state index contributed by atoms with van der Waals surface area (Å²) < 4.78 is 40.0. The van der Waals surface area contributed by atoms with Crippen LogP contribution in [0.15, 0.2) is 53.4 Å². The Kier molecular flexibility index (Phi) is 3.55. The Hall–Kier alpha value is -2.81. The van der Waals surface area contributed by atoms with Crippen LogP contribution in [0.2, 0.25) is 0 Å². The van der Waals surface area contributed by atoms with E-state index < -0.39 is 15.8 Å². The first kappa shape index (κ1) is 14.1. The molecule has 2 aromatic carbocycles. The van der Waals surface area contributed by atoms with Gasteiger partial charge in [-0.2, -0.15) is 5.21 Å². The molecule has 3 aromatic rings. The molecule has 2 N–H and O–H groups in total. The fourth-order valence-corrected chi connectivity index (χ4v) is 2.93. The van der Waals surface area contributed by atoms with Gasteiger partial charge in [-0.1, -0.05) is 18.2 Å². The normalized spacial score (nSPS) is 11.3. The number of anilines is 1. The lowest BCUT2D eigenvalue weighted by Crippen LogP contribution is -2.13. The summed E-state index contributed by atoms with van der Waals surface area (Å²) in [4.78, 5) is -0.155. The fraction of sp³-hybridized carbons (Fsp3) is 0. The van der Waals surface area contributed by atoms with Crippen molar-refractivity contribution in [3.63, 3.8) is 0 Å². The first-order valence-electron chi connectivity index (χ1n) is 6.17. The predicted octanol–water partition coefficient (Wildman–Crippen LogP) is 1.81. The zero-order chi connectivity index (χ0) is 15.6. The summed E-state index contributed by atoms with van der Waals surface area (Å²) in [7, 11) is -3.88. The first-order valence-corrected chi connectivity index (χ1v) is 7.65. The van der Waals surface area contributed by atoms with Gasteiger partial charge in [-0.05, 0) is 35.5 Å². The lowest BCUT2D eigenvalue weighted by molar-refractivity contribution is 0.595. The number of halogens is 1. The largest absolute Gasteiger partial charge is 0.280 e. The summed E-state index contributed by atoms with van der Waals surface area (Å²) >= 11 is 0. The van der Waals surface area contributed by atoms with E-state index in [1.54, 1.807) is 24.3 Å². The van der Waals surface area contributed by atoms with Crippen molar-refractivity contribution in [1.82, 2.24) is 20.6 Å². The smallest absolute Gasteiger partial charge is 0.261 e. The Balaban J connectivity index is 1.91. The number of benzene rings is 2. The van der Waals surface area contributed by atoms with Gasteiger partial charge >= 0.3 is 0 Å². The highest BCUT2D eigenvalue weighted by Gasteiger charge is 2.15. The molecule has 0 fully saturated rings. The molecule has 112 valence electrons. The van der Waals surface area contributed by atoms with Gasteiger partial charge < -0.3 is 0 Å². The van der Waals surface area contributed by atoms with E-state index in [1.807, 2.05) is 0 Å². The second-order valence-corrected chi connectivity index (χ2v) is 6.06. The van der Waals surface area contributed by atoms with Crippen molar-refractivity contribution < 1.29 is 12.8 Å². The SMILES string of the molecule is O=S(=O)(Nc1cccc(-c2nn[nH]n2)c1)c1cccc(F)c1. The van der Waals surface area contributed by atoms with Crippen LogP contribution in [0.5, 0.6) is 0 Å². The topological polar surface area (TPSA) is 101 Å².